The van der Waals surface area contributed by atoms with Gasteiger partial charge in [0.25, 0.3) is 5.91 Å². The predicted molar refractivity (Wildman–Crippen MR) is 115 cm³/mol. The molecule has 1 aromatic heterocycles. The normalized spacial score (nSPS) is 14.7. The number of carbonyl (C=O) groups is 1. The Morgan fingerprint density at radius 1 is 1.03 bits per heavy atom. The lowest BCUT2D eigenvalue weighted by atomic mass is 10.1. The number of hydrogen-bond donors (Lipinski definition) is 1. The Kier molecular flexibility index (Phi) is 6.14. The van der Waals surface area contributed by atoms with E-state index in [0.717, 1.165) is 43.2 Å². The van der Waals surface area contributed by atoms with E-state index < -0.39 is 0 Å². The summed E-state index contributed by atoms with van der Waals surface area (Å²) in [7, 11) is 0. The fourth-order valence-electron chi connectivity index (χ4n) is 3.71. The second-order valence-electron chi connectivity index (χ2n) is 7.68. The molecule has 1 N–H and O–H groups in total. The molecule has 0 bridgehead atoms. The molecule has 6 heteroatoms. The summed E-state index contributed by atoms with van der Waals surface area (Å²) >= 11 is 0. The summed E-state index contributed by atoms with van der Waals surface area (Å²) < 4.78 is 18.9. The van der Waals surface area contributed by atoms with Crippen LogP contribution in [0.25, 0.3) is 0 Å². The van der Waals surface area contributed by atoms with Crippen LogP contribution in [0, 0.1) is 12.7 Å². The van der Waals surface area contributed by atoms with E-state index >= 15 is 0 Å². The van der Waals surface area contributed by atoms with Crippen LogP contribution in [0.15, 0.2) is 65.1 Å². The first kappa shape index (κ1) is 20.2. The molecule has 1 fully saturated rings. The van der Waals surface area contributed by atoms with Crippen molar-refractivity contribution < 1.29 is 13.6 Å². The van der Waals surface area contributed by atoms with Crippen LogP contribution in [0.2, 0.25) is 0 Å². The van der Waals surface area contributed by atoms with E-state index in [-0.39, 0.29) is 11.7 Å². The van der Waals surface area contributed by atoms with Crippen molar-refractivity contribution in [3.63, 3.8) is 0 Å². The molecule has 0 aliphatic carbocycles. The van der Waals surface area contributed by atoms with Gasteiger partial charge in [-0.25, -0.2) is 4.39 Å². The molecule has 5 nitrogen and oxygen atoms in total. The van der Waals surface area contributed by atoms with Crippen LogP contribution in [0.4, 0.5) is 10.1 Å². The fourth-order valence-corrected chi connectivity index (χ4v) is 3.71. The first-order valence-electron chi connectivity index (χ1n) is 10.2. The first-order valence-corrected chi connectivity index (χ1v) is 10.2. The zero-order valence-electron chi connectivity index (χ0n) is 17.1. The third-order valence-electron chi connectivity index (χ3n) is 5.36. The number of carbonyl (C=O) groups excluding carboxylic acids is 1. The number of halogens is 1. The number of nitrogens with zero attached hydrogens (tertiary/aromatic N) is 2. The van der Waals surface area contributed by atoms with Crippen molar-refractivity contribution in [1.82, 2.24) is 10.2 Å². The van der Waals surface area contributed by atoms with E-state index in [1.807, 2.05) is 43.3 Å². The lowest BCUT2D eigenvalue weighted by Gasteiger charge is -2.35. The summed E-state index contributed by atoms with van der Waals surface area (Å²) in [4.78, 5) is 16.9. The molecule has 0 unspecified atom stereocenters. The zero-order valence-corrected chi connectivity index (χ0v) is 17.1. The SMILES string of the molecule is Cc1cccc(CNC(=O)c2ccc(CN3CCN(c4ccc(F)cc4)CC3)o2)c1. The van der Waals surface area contributed by atoms with Gasteiger partial charge in [-0.1, -0.05) is 29.8 Å². The van der Waals surface area contributed by atoms with Gasteiger partial charge in [-0.2, -0.15) is 0 Å². The molecule has 0 saturated carbocycles. The highest BCUT2D eigenvalue weighted by Gasteiger charge is 2.19. The van der Waals surface area contributed by atoms with Gasteiger partial charge in [0, 0.05) is 38.4 Å². The lowest BCUT2D eigenvalue weighted by Crippen LogP contribution is -2.45. The highest BCUT2D eigenvalue weighted by molar-refractivity contribution is 5.91. The predicted octanol–water partition coefficient (Wildman–Crippen LogP) is 3.98. The molecule has 1 aliphatic rings. The van der Waals surface area contributed by atoms with Gasteiger partial charge in [-0.05, 0) is 48.9 Å². The number of furan rings is 1. The second-order valence-corrected chi connectivity index (χ2v) is 7.68. The van der Waals surface area contributed by atoms with E-state index in [1.54, 1.807) is 6.07 Å². The summed E-state index contributed by atoms with van der Waals surface area (Å²) in [6.07, 6.45) is 0. The van der Waals surface area contributed by atoms with Crippen LogP contribution < -0.4 is 10.2 Å². The van der Waals surface area contributed by atoms with Crippen LogP contribution >= 0.6 is 0 Å². The summed E-state index contributed by atoms with van der Waals surface area (Å²) in [5, 5.41) is 2.91. The number of rotatable bonds is 6. The zero-order chi connectivity index (χ0) is 20.9. The molecule has 3 aromatic rings. The maximum atomic E-state index is 13.1. The Hall–Kier alpha value is -3.12. The van der Waals surface area contributed by atoms with Crippen molar-refractivity contribution in [1.29, 1.82) is 0 Å². The van der Waals surface area contributed by atoms with E-state index in [9.17, 15) is 9.18 Å². The summed E-state index contributed by atoms with van der Waals surface area (Å²) in [5.74, 6) is 0.700. The highest BCUT2D eigenvalue weighted by atomic mass is 19.1. The van der Waals surface area contributed by atoms with Crippen molar-refractivity contribution in [2.24, 2.45) is 0 Å². The van der Waals surface area contributed by atoms with E-state index in [2.05, 4.69) is 21.2 Å². The third-order valence-corrected chi connectivity index (χ3v) is 5.36. The van der Waals surface area contributed by atoms with E-state index in [1.165, 1.54) is 17.7 Å². The topological polar surface area (TPSA) is 48.7 Å². The second kappa shape index (κ2) is 9.13. The molecular weight excluding hydrogens is 381 g/mol. The van der Waals surface area contributed by atoms with Gasteiger partial charge < -0.3 is 14.6 Å². The van der Waals surface area contributed by atoms with E-state index in [4.69, 9.17) is 4.42 Å². The van der Waals surface area contributed by atoms with Crippen LogP contribution in [0.1, 0.15) is 27.4 Å². The molecule has 0 spiro atoms. The van der Waals surface area contributed by atoms with Crippen LogP contribution in [-0.4, -0.2) is 37.0 Å². The Labute approximate surface area is 176 Å². The molecule has 1 saturated heterocycles. The van der Waals surface area contributed by atoms with E-state index in [0.29, 0.717) is 18.8 Å². The van der Waals surface area contributed by atoms with Gasteiger partial charge in [0.05, 0.1) is 6.54 Å². The average Bonchev–Trinajstić information content (AvgIpc) is 3.22. The highest BCUT2D eigenvalue weighted by Crippen LogP contribution is 2.18. The average molecular weight is 407 g/mol. The molecule has 0 atom stereocenters. The summed E-state index contributed by atoms with van der Waals surface area (Å²) in [6.45, 7) is 6.68. The van der Waals surface area contributed by atoms with Crippen molar-refractivity contribution in [2.75, 3.05) is 31.1 Å². The molecule has 30 heavy (non-hydrogen) atoms. The minimum absolute atomic E-state index is 0.205. The number of piperazine rings is 1. The van der Waals surface area contributed by atoms with Crippen LogP contribution in [0.5, 0.6) is 0 Å². The first-order chi connectivity index (χ1) is 14.6. The molecule has 1 aliphatic heterocycles. The molecule has 1 amide bonds. The minimum Gasteiger partial charge on any atom is -0.455 e. The number of hydrogen-bond acceptors (Lipinski definition) is 4. The molecule has 0 radical (unpaired) electrons. The van der Waals surface area contributed by atoms with Crippen LogP contribution in [-0.2, 0) is 13.1 Å². The molecule has 156 valence electrons. The standard InChI is InChI=1S/C24H26FN3O2/c1-18-3-2-4-19(15-18)16-26-24(29)23-10-9-22(30-23)17-27-11-13-28(14-12-27)21-7-5-20(25)6-8-21/h2-10,15H,11-14,16-17H2,1H3,(H,26,29). The fraction of sp³-hybridized carbons (Fsp3) is 0.292. The van der Waals surface area contributed by atoms with Gasteiger partial charge in [0.2, 0.25) is 0 Å². The smallest absolute Gasteiger partial charge is 0.287 e. The van der Waals surface area contributed by atoms with Gasteiger partial charge in [0.15, 0.2) is 5.76 Å². The minimum atomic E-state index is -0.214. The molecular formula is C24H26FN3O2. The number of benzene rings is 2. The summed E-state index contributed by atoms with van der Waals surface area (Å²) in [6, 6.07) is 18.3. The third kappa shape index (κ3) is 5.07. The maximum absolute atomic E-state index is 13.1. The van der Waals surface area contributed by atoms with Crippen molar-refractivity contribution in [2.45, 2.75) is 20.0 Å². The van der Waals surface area contributed by atoms with Gasteiger partial charge >= 0.3 is 0 Å². The van der Waals surface area contributed by atoms with Gasteiger partial charge in [0.1, 0.15) is 11.6 Å². The largest absolute Gasteiger partial charge is 0.455 e. The van der Waals surface area contributed by atoms with Crippen molar-refractivity contribution in [3.05, 3.63) is 89.1 Å². The molecule has 2 aromatic carbocycles. The Balaban J connectivity index is 1.26. The number of anilines is 1. The van der Waals surface area contributed by atoms with Gasteiger partial charge in [-0.3, -0.25) is 9.69 Å². The quantitative estimate of drug-likeness (QED) is 0.672. The van der Waals surface area contributed by atoms with Gasteiger partial charge in [-0.15, -0.1) is 0 Å². The van der Waals surface area contributed by atoms with Crippen LogP contribution in [0.3, 0.4) is 0 Å². The molecule has 2 heterocycles. The van der Waals surface area contributed by atoms with Crippen molar-refractivity contribution in [3.8, 4) is 0 Å². The number of amides is 1. The maximum Gasteiger partial charge on any atom is 0.287 e. The van der Waals surface area contributed by atoms with Crippen molar-refractivity contribution >= 4 is 11.6 Å². The molecule has 4 rings (SSSR count). The number of aryl methyl sites for hydroxylation is 1. The summed E-state index contributed by atoms with van der Waals surface area (Å²) in [5.41, 5.74) is 3.28. The Morgan fingerprint density at radius 3 is 2.53 bits per heavy atom. The number of nitrogens with one attached hydrogen (secondary N) is 1. The Morgan fingerprint density at radius 2 is 1.80 bits per heavy atom. The lowest BCUT2D eigenvalue weighted by molar-refractivity contribution is 0.0919. The monoisotopic (exact) mass is 407 g/mol. The Bertz CT molecular complexity index is 992.